The lowest BCUT2D eigenvalue weighted by atomic mass is 10.1. The number of carbonyl (C=O) groups excluding carboxylic acids is 2. The molecule has 0 spiro atoms. The quantitative estimate of drug-likeness (QED) is 0.851. The van der Waals surface area contributed by atoms with Gasteiger partial charge in [-0.05, 0) is 55.7 Å². The number of hydrogen-bond donors (Lipinski definition) is 0. The van der Waals surface area contributed by atoms with Crippen molar-refractivity contribution in [1.82, 2.24) is 0 Å². The Labute approximate surface area is 153 Å². The van der Waals surface area contributed by atoms with Gasteiger partial charge in [0, 0.05) is 30.4 Å². The van der Waals surface area contributed by atoms with E-state index in [0.717, 1.165) is 30.8 Å². The summed E-state index contributed by atoms with van der Waals surface area (Å²) in [6.07, 6.45) is 2.39. The van der Waals surface area contributed by atoms with E-state index in [9.17, 15) is 9.59 Å². The minimum absolute atomic E-state index is 0.000661. The first-order chi connectivity index (χ1) is 12.6. The number of carbonyl (C=O) groups is 2. The second-order valence-corrected chi connectivity index (χ2v) is 6.88. The van der Waals surface area contributed by atoms with Crippen LogP contribution >= 0.6 is 0 Å². The van der Waals surface area contributed by atoms with Gasteiger partial charge in [-0.15, -0.1) is 0 Å². The van der Waals surface area contributed by atoms with Crippen molar-refractivity contribution in [3.63, 3.8) is 0 Å². The van der Waals surface area contributed by atoms with Crippen LogP contribution in [-0.2, 0) is 16.0 Å². The summed E-state index contributed by atoms with van der Waals surface area (Å²) < 4.78 is 5.69. The maximum absolute atomic E-state index is 12.7. The van der Waals surface area contributed by atoms with Crippen molar-refractivity contribution in [2.45, 2.75) is 32.2 Å². The average Bonchev–Trinajstić information content (AvgIpc) is 3.22. The lowest BCUT2D eigenvalue weighted by Crippen LogP contribution is -2.39. The lowest BCUT2D eigenvalue weighted by Gasteiger charge is -2.23. The standard InChI is InChI=1S/C21H22N2O3/c1-15-13-16-5-2-3-6-19(16)23(15)21(25)14-26-18-10-8-17(9-11-18)22-12-4-7-20(22)24/h2-3,5-6,8-11,15H,4,7,12-14H2,1H3/t15-/m1/s1. The zero-order chi connectivity index (χ0) is 18.1. The molecule has 2 aromatic rings. The van der Waals surface area contributed by atoms with Crippen molar-refractivity contribution in [2.75, 3.05) is 23.0 Å². The van der Waals surface area contributed by atoms with E-state index >= 15 is 0 Å². The third-order valence-corrected chi connectivity index (χ3v) is 5.06. The van der Waals surface area contributed by atoms with Gasteiger partial charge in [0.2, 0.25) is 5.91 Å². The fourth-order valence-electron chi connectivity index (χ4n) is 3.80. The highest BCUT2D eigenvalue weighted by Crippen LogP contribution is 2.32. The van der Waals surface area contributed by atoms with E-state index in [0.29, 0.717) is 12.2 Å². The first kappa shape index (κ1) is 16.6. The molecule has 1 atom stereocenters. The third-order valence-electron chi connectivity index (χ3n) is 5.06. The van der Waals surface area contributed by atoms with Gasteiger partial charge in [0.25, 0.3) is 5.91 Å². The molecular weight excluding hydrogens is 328 g/mol. The first-order valence-corrected chi connectivity index (χ1v) is 9.06. The maximum atomic E-state index is 12.7. The molecule has 5 heteroatoms. The highest BCUT2D eigenvalue weighted by Gasteiger charge is 2.30. The Morgan fingerprint density at radius 3 is 2.65 bits per heavy atom. The summed E-state index contributed by atoms with van der Waals surface area (Å²) in [7, 11) is 0. The van der Waals surface area contributed by atoms with Gasteiger partial charge in [0.15, 0.2) is 6.61 Å². The average molecular weight is 350 g/mol. The molecule has 2 aliphatic rings. The predicted molar refractivity (Wildman–Crippen MR) is 101 cm³/mol. The van der Waals surface area contributed by atoms with Crippen LogP contribution in [0.15, 0.2) is 48.5 Å². The summed E-state index contributed by atoms with van der Waals surface area (Å²) in [6.45, 7) is 2.82. The largest absolute Gasteiger partial charge is 0.484 e. The topological polar surface area (TPSA) is 49.9 Å². The molecule has 4 rings (SSSR count). The molecule has 0 unspecified atom stereocenters. The Morgan fingerprint density at radius 2 is 1.92 bits per heavy atom. The van der Waals surface area contributed by atoms with Crippen molar-refractivity contribution < 1.29 is 14.3 Å². The number of nitrogens with zero attached hydrogens (tertiary/aromatic N) is 2. The zero-order valence-electron chi connectivity index (χ0n) is 14.9. The molecule has 134 valence electrons. The van der Waals surface area contributed by atoms with Crippen molar-refractivity contribution in [1.29, 1.82) is 0 Å². The van der Waals surface area contributed by atoms with Crippen LogP contribution in [0.5, 0.6) is 5.75 Å². The normalized spacial score (nSPS) is 19.0. The Balaban J connectivity index is 1.40. The van der Waals surface area contributed by atoms with E-state index in [1.165, 1.54) is 5.56 Å². The summed E-state index contributed by atoms with van der Waals surface area (Å²) in [5.41, 5.74) is 3.07. The fraction of sp³-hybridized carbons (Fsp3) is 0.333. The highest BCUT2D eigenvalue weighted by molar-refractivity contribution is 5.97. The van der Waals surface area contributed by atoms with Crippen LogP contribution < -0.4 is 14.5 Å². The highest BCUT2D eigenvalue weighted by atomic mass is 16.5. The van der Waals surface area contributed by atoms with Crippen LogP contribution in [-0.4, -0.2) is 31.0 Å². The van der Waals surface area contributed by atoms with E-state index in [-0.39, 0.29) is 24.5 Å². The van der Waals surface area contributed by atoms with Crippen molar-refractivity contribution >= 4 is 23.2 Å². The summed E-state index contributed by atoms with van der Waals surface area (Å²) >= 11 is 0. The molecule has 26 heavy (non-hydrogen) atoms. The SMILES string of the molecule is C[C@@H]1Cc2ccccc2N1C(=O)COc1ccc(N2CCCC2=O)cc1. The molecule has 2 aliphatic heterocycles. The van der Waals surface area contributed by atoms with Crippen LogP contribution in [0.2, 0.25) is 0 Å². The Morgan fingerprint density at radius 1 is 1.15 bits per heavy atom. The van der Waals surface area contributed by atoms with Crippen molar-refractivity contribution in [3.8, 4) is 5.75 Å². The van der Waals surface area contributed by atoms with Gasteiger partial charge in [-0.25, -0.2) is 0 Å². The molecule has 0 saturated carbocycles. The van der Waals surface area contributed by atoms with Gasteiger partial charge < -0.3 is 14.5 Å². The molecule has 0 N–H and O–H groups in total. The van der Waals surface area contributed by atoms with E-state index < -0.39 is 0 Å². The number of ether oxygens (including phenoxy) is 1. The number of amides is 2. The number of rotatable bonds is 4. The minimum atomic E-state index is -0.0405. The van der Waals surface area contributed by atoms with Gasteiger partial charge >= 0.3 is 0 Å². The van der Waals surface area contributed by atoms with Gasteiger partial charge in [0.1, 0.15) is 5.75 Å². The molecule has 0 bridgehead atoms. The summed E-state index contributed by atoms with van der Waals surface area (Å²) in [5, 5.41) is 0. The van der Waals surface area contributed by atoms with E-state index in [2.05, 4.69) is 13.0 Å². The van der Waals surface area contributed by atoms with Crippen molar-refractivity contribution in [3.05, 3.63) is 54.1 Å². The molecule has 0 aromatic heterocycles. The summed E-state index contributed by atoms with van der Waals surface area (Å²) in [4.78, 5) is 28.1. The molecule has 2 heterocycles. The van der Waals surface area contributed by atoms with E-state index in [1.54, 1.807) is 4.90 Å². The Kier molecular flexibility index (Phi) is 4.37. The Hall–Kier alpha value is -2.82. The van der Waals surface area contributed by atoms with Crippen LogP contribution in [0, 0.1) is 0 Å². The van der Waals surface area contributed by atoms with Crippen LogP contribution in [0.1, 0.15) is 25.3 Å². The molecule has 2 aromatic carbocycles. The molecule has 2 amide bonds. The van der Waals surface area contributed by atoms with Crippen LogP contribution in [0.3, 0.4) is 0 Å². The van der Waals surface area contributed by atoms with Crippen molar-refractivity contribution in [2.24, 2.45) is 0 Å². The molecule has 0 radical (unpaired) electrons. The zero-order valence-corrected chi connectivity index (χ0v) is 14.9. The molecule has 5 nitrogen and oxygen atoms in total. The maximum Gasteiger partial charge on any atom is 0.265 e. The molecular formula is C21H22N2O3. The third kappa shape index (κ3) is 3.05. The summed E-state index contributed by atoms with van der Waals surface area (Å²) in [6, 6.07) is 15.5. The van der Waals surface area contributed by atoms with E-state index in [4.69, 9.17) is 4.74 Å². The minimum Gasteiger partial charge on any atom is -0.484 e. The van der Waals surface area contributed by atoms with Gasteiger partial charge in [-0.2, -0.15) is 0 Å². The number of fused-ring (bicyclic) bond motifs is 1. The number of hydrogen-bond acceptors (Lipinski definition) is 3. The first-order valence-electron chi connectivity index (χ1n) is 9.06. The molecule has 0 aliphatic carbocycles. The predicted octanol–water partition coefficient (Wildman–Crippen LogP) is 3.17. The summed E-state index contributed by atoms with van der Waals surface area (Å²) in [5.74, 6) is 0.755. The van der Waals surface area contributed by atoms with E-state index in [1.807, 2.05) is 47.4 Å². The second kappa shape index (κ2) is 6.83. The van der Waals surface area contributed by atoms with Gasteiger partial charge in [-0.3, -0.25) is 9.59 Å². The van der Waals surface area contributed by atoms with Crippen LogP contribution in [0.25, 0.3) is 0 Å². The van der Waals surface area contributed by atoms with Gasteiger partial charge in [-0.1, -0.05) is 18.2 Å². The lowest BCUT2D eigenvalue weighted by molar-refractivity contribution is -0.121. The number of anilines is 2. The number of para-hydroxylation sites is 1. The second-order valence-electron chi connectivity index (χ2n) is 6.88. The van der Waals surface area contributed by atoms with Crippen LogP contribution in [0.4, 0.5) is 11.4 Å². The molecule has 1 fully saturated rings. The monoisotopic (exact) mass is 350 g/mol. The number of benzene rings is 2. The Bertz CT molecular complexity index is 831. The fourth-order valence-corrected chi connectivity index (χ4v) is 3.80. The molecule has 1 saturated heterocycles. The smallest absolute Gasteiger partial charge is 0.265 e. The van der Waals surface area contributed by atoms with Gasteiger partial charge in [0.05, 0.1) is 0 Å².